The minimum atomic E-state index is 0.578. The molecule has 0 spiro atoms. The molecule has 2 heteroatoms. The Labute approximate surface area is 113 Å². The van der Waals surface area contributed by atoms with Crippen molar-refractivity contribution < 1.29 is 0 Å². The van der Waals surface area contributed by atoms with Crippen LogP contribution >= 0.6 is 11.8 Å². The molecule has 92 valence electrons. The zero-order chi connectivity index (χ0) is 12.2. The molecule has 0 saturated heterocycles. The monoisotopic (exact) mass is 255 g/mol. The maximum Gasteiger partial charge on any atom is 0.0478 e. The third-order valence-electron chi connectivity index (χ3n) is 3.29. The van der Waals surface area contributed by atoms with Crippen molar-refractivity contribution in [1.29, 1.82) is 0 Å². The van der Waals surface area contributed by atoms with E-state index in [0.29, 0.717) is 5.25 Å². The first-order valence-corrected chi connectivity index (χ1v) is 7.36. The minimum absolute atomic E-state index is 0.578. The van der Waals surface area contributed by atoms with Crippen LogP contribution in [0.1, 0.15) is 23.7 Å². The molecule has 0 amide bonds. The van der Waals surface area contributed by atoms with Gasteiger partial charge < -0.3 is 5.32 Å². The molecule has 2 aromatic rings. The van der Waals surface area contributed by atoms with E-state index in [9.17, 15) is 0 Å². The van der Waals surface area contributed by atoms with Crippen molar-refractivity contribution in [2.24, 2.45) is 0 Å². The topological polar surface area (TPSA) is 12.0 Å². The maximum atomic E-state index is 3.52. The third-order valence-corrected chi connectivity index (χ3v) is 4.69. The lowest BCUT2D eigenvalue weighted by molar-refractivity contribution is 0.743. The highest BCUT2D eigenvalue weighted by molar-refractivity contribution is 7.99. The molecular formula is C16H17NS. The molecule has 1 N–H and O–H groups in total. The summed E-state index contributed by atoms with van der Waals surface area (Å²) in [4.78, 5) is 1.37. The summed E-state index contributed by atoms with van der Waals surface area (Å²) < 4.78 is 0. The summed E-state index contributed by atoms with van der Waals surface area (Å²) >= 11 is 1.98. The highest BCUT2D eigenvalue weighted by Gasteiger charge is 2.16. The van der Waals surface area contributed by atoms with Gasteiger partial charge in [-0.1, -0.05) is 42.5 Å². The molecule has 1 heterocycles. The number of nitrogens with one attached hydrogen (secondary N) is 1. The molecule has 1 atom stereocenters. The predicted octanol–water partition coefficient (Wildman–Crippen LogP) is 4.73. The number of hydrogen-bond acceptors (Lipinski definition) is 2. The van der Waals surface area contributed by atoms with Gasteiger partial charge in [-0.15, -0.1) is 11.8 Å². The summed E-state index contributed by atoms with van der Waals surface area (Å²) in [5.74, 6) is 0. The Morgan fingerprint density at radius 2 is 1.72 bits per heavy atom. The molecule has 1 aliphatic heterocycles. The first kappa shape index (κ1) is 11.7. The van der Waals surface area contributed by atoms with E-state index in [2.05, 4.69) is 59.9 Å². The summed E-state index contributed by atoms with van der Waals surface area (Å²) in [7, 11) is 0. The van der Waals surface area contributed by atoms with Gasteiger partial charge >= 0.3 is 0 Å². The van der Waals surface area contributed by atoms with E-state index in [1.165, 1.54) is 29.0 Å². The van der Waals surface area contributed by atoms with Crippen molar-refractivity contribution in [1.82, 2.24) is 0 Å². The van der Waals surface area contributed by atoms with E-state index in [-0.39, 0.29) is 0 Å². The fraction of sp³-hybridized carbons (Fsp3) is 0.250. The number of thioether (sulfide) groups is 1. The molecule has 0 fully saturated rings. The van der Waals surface area contributed by atoms with E-state index < -0.39 is 0 Å². The zero-order valence-electron chi connectivity index (χ0n) is 10.3. The highest BCUT2D eigenvalue weighted by atomic mass is 32.2. The van der Waals surface area contributed by atoms with Crippen LogP contribution in [0.25, 0.3) is 0 Å². The van der Waals surface area contributed by atoms with Crippen LogP contribution in [0.5, 0.6) is 0 Å². The second kappa shape index (κ2) is 5.49. The summed E-state index contributed by atoms with van der Waals surface area (Å²) in [6, 6.07) is 19.5. The van der Waals surface area contributed by atoms with Crippen LogP contribution in [0.2, 0.25) is 0 Å². The predicted molar refractivity (Wildman–Crippen MR) is 79.2 cm³/mol. The van der Waals surface area contributed by atoms with Gasteiger partial charge in [0, 0.05) is 22.4 Å². The van der Waals surface area contributed by atoms with Crippen LogP contribution < -0.4 is 5.32 Å². The summed E-state index contributed by atoms with van der Waals surface area (Å²) in [6.45, 7) is 1.07. The lowest BCUT2D eigenvalue weighted by Crippen LogP contribution is -2.08. The molecule has 0 radical (unpaired) electrons. The lowest BCUT2D eigenvalue weighted by Gasteiger charge is -2.22. The van der Waals surface area contributed by atoms with Crippen molar-refractivity contribution in [3.63, 3.8) is 0 Å². The smallest absolute Gasteiger partial charge is 0.0478 e. The molecule has 3 rings (SSSR count). The second-order valence-corrected chi connectivity index (χ2v) is 5.83. The van der Waals surface area contributed by atoms with Crippen molar-refractivity contribution in [3.8, 4) is 0 Å². The summed E-state index contributed by atoms with van der Waals surface area (Å²) in [5.41, 5.74) is 2.72. The molecule has 1 unspecified atom stereocenters. The van der Waals surface area contributed by atoms with Crippen LogP contribution in [0.4, 0.5) is 5.69 Å². The van der Waals surface area contributed by atoms with Crippen LogP contribution in [0, 0.1) is 0 Å². The number of fused-ring (bicyclic) bond motifs is 1. The van der Waals surface area contributed by atoms with Crippen LogP contribution in [0.3, 0.4) is 0 Å². The van der Waals surface area contributed by atoms with E-state index in [0.717, 1.165) is 6.54 Å². The number of hydrogen-bond donors (Lipinski definition) is 1. The number of anilines is 1. The van der Waals surface area contributed by atoms with Crippen LogP contribution in [-0.4, -0.2) is 6.54 Å². The molecular weight excluding hydrogens is 238 g/mol. The minimum Gasteiger partial charge on any atom is -0.384 e. The highest BCUT2D eigenvalue weighted by Crippen LogP contribution is 2.42. The Kier molecular flexibility index (Phi) is 3.56. The third kappa shape index (κ3) is 2.54. The van der Waals surface area contributed by atoms with Gasteiger partial charge in [0.15, 0.2) is 0 Å². The molecule has 1 aliphatic rings. The lowest BCUT2D eigenvalue weighted by atomic mass is 10.1. The molecule has 18 heavy (non-hydrogen) atoms. The maximum absolute atomic E-state index is 3.52. The molecule has 0 bridgehead atoms. The average Bonchev–Trinajstić information content (AvgIpc) is 2.41. The number of para-hydroxylation sites is 1. The second-order valence-electron chi connectivity index (χ2n) is 4.58. The van der Waals surface area contributed by atoms with Gasteiger partial charge in [0.2, 0.25) is 0 Å². The molecule has 1 nitrogen and oxygen atoms in total. The Bertz CT molecular complexity index is 510. The van der Waals surface area contributed by atoms with E-state index in [1.807, 2.05) is 11.8 Å². The van der Waals surface area contributed by atoms with Crippen molar-refractivity contribution in [3.05, 3.63) is 60.2 Å². The largest absolute Gasteiger partial charge is 0.384 e. The van der Waals surface area contributed by atoms with Crippen LogP contribution in [0.15, 0.2) is 59.5 Å². The quantitative estimate of drug-likeness (QED) is 0.791. The van der Waals surface area contributed by atoms with Gasteiger partial charge in [-0.2, -0.15) is 0 Å². The number of benzene rings is 2. The fourth-order valence-electron chi connectivity index (χ4n) is 2.34. The fourth-order valence-corrected chi connectivity index (χ4v) is 3.65. The van der Waals surface area contributed by atoms with Gasteiger partial charge in [0.05, 0.1) is 0 Å². The molecule has 0 saturated carbocycles. The van der Waals surface area contributed by atoms with E-state index >= 15 is 0 Å². The van der Waals surface area contributed by atoms with Crippen molar-refractivity contribution >= 4 is 17.4 Å². The van der Waals surface area contributed by atoms with Gasteiger partial charge in [-0.25, -0.2) is 0 Å². The normalized spacial score (nSPS) is 19.2. The van der Waals surface area contributed by atoms with Crippen molar-refractivity contribution in [2.45, 2.75) is 23.0 Å². The Morgan fingerprint density at radius 1 is 0.944 bits per heavy atom. The first-order valence-electron chi connectivity index (χ1n) is 6.48. The zero-order valence-corrected chi connectivity index (χ0v) is 11.1. The first-order chi connectivity index (χ1) is 8.93. The van der Waals surface area contributed by atoms with Gasteiger partial charge in [0.1, 0.15) is 0 Å². The summed E-state index contributed by atoms with van der Waals surface area (Å²) in [6.07, 6.45) is 2.46. The molecule has 2 aromatic carbocycles. The van der Waals surface area contributed by atoms with Gasteiger partial charge in [-0.05, 0) is 30.5 Å². The Balaban J connectivity index is 1.90. The van der Waals surface area contributed by atoms with Gasteiger partial charge in [0.25, 0.3) is 0 Å². The number of rotatable bonds is 1. The standard InChI is InChI=1S/C16H17NS/c1-2-7-13(8-3-1)15-11-6-12-17-14-9-4-5-10-16(14)18-15/h1-5,7-10,15,17H,6,11-12H2. The van der Waals surface area contributed by atoms with Crippen molar-refractivity contribution in [2.75, 3.05) is 11.9 Å². The van der Waals surface area contributed by atoms with E-state index in [4.69, 9.17) is 0 Å². The SMILES string of the molecule is c1ccc(C2CCCNc3ccccc3S2)cc1. The van der Waals surface area contributed by atoms with E-state index in [1.54, 1.807) is 0 Å². The van der Waals surface area contributed by atoms with Gasteiger partial charge in [-0.3, -0.25) is 0 Å². The van der Waals surface area contributed by atoms with Crippen LogP contribution in [-0.2, 0) is 0 Å². The summed E-state index contributed by atoms with van der Waals surface area (Å²) in [5, 5.41) is 4.09. The molecule has 0 aliphatic carbocycles. The molecule has 0 aromatic heterocycles. The Hall–Kier alpha value is -1.41. The average molecular weight is 255 g/mol. The Morgan fingerprint density at radius 3 is 2.61 bits per heavy atom.